The second kappa shape index (κ2) is 20.8. The van der Waals surface area contributed by atoms with Crippen molar-refractivity contribution in [2.75, 3.05) is 19.8 Å². The highest BCUT2D eigenvalue weighted by Crippen LogP contribution is 2.58. The summed E-state index contributed by atoms with van der Waals surface area (Å²) in [6.45, 7) is 8.67. The van der Waals surface area contributed by atoms with E-state index in [0.29, 0.717) is 12.8 Å². The third-order valence-electron chi connectivity index (χ3n) is 12.5. The normalized spacial score (nSPS) is 33.3. The number of carbonyl (C=O) groups excluding carboxylic acids is 3. The number of unbranched alkanes of at least 4 members (excludes halogenated alkanes) is 4. The number of ether oxygens (including phenoxy) is 6. The minimum Gasteiger partial charge on any atom is -0.460 e. The van der Waals surface area contributed by atoms with Crippen molar-refractivity contribution >= 4 is 23.9 Å². The van der Waals surface area contributed by atoms with Gasteiger partial charge in [-0.3, -0.25) is 19.2 Å². The molecule has 0 spiro atoms. The van der Waals surface area contributed by atoms with Crippen molar-refractivity contribution in [3.8, 4) is 0 Å². The Kier molecular flexibility index (Phi) is 16.3. The fourth-order valence-electron chi connectivity index (χ4n) is 9.36. The number of hydroxylamine groups is 2. The van der Waals surface area contributed by atoms with Crippen LogP contribution in [0.25, 0.3) is 6.08 Å². The molecule has 0 radical (unpaired) electrons. The molecule has 4 heterocycles. The third-order valence-corrected chi connectivity index (χ3v) is 12.5. The monoisotopic (exact) mass is 876 g/mol. The Morgan fingerprint density at radius 1 is 0.968 bits per heavy atom. The number of aliphatic hydroxyl groups excluding tert-OH is 5. The molecule has 1 saturated carbocycles. The van der Waals surface area contributed by atoms with Gasteiger partial charge in [0.15, 0.2) is 18.1 Å². The maximum atomic E-state index is 14.9. The number of benzene rings is 1. The number of nitrogens with zero attached hydrogens (tertiary/aromatic N) is 1. The van der Waals surface area contributed by atoms with E-state index in [4.69, 9.17) is 33.3 Å². The van der Waals surface area contributed by atoms with Crippen LogP contribution in [-0.4, -0.2) is 147 Å². The summed E-state index contributed by atoms with van der Waals surface area (Å²) in [5.41, 5.74) is -0.609. The van der Waals surface area contributed by atoms with E-state index in [-0.39, 0.29) is 32.4 Å². The van der Waals surface area contributed by atoms with Gasteiger partial charge in [-0.15, -0.1) is 0 Å². The average molecular weight is 877 g/mol. The molecule has 4 saturated heterocycles. The Morgan fingerprint density at radius 2 is 1.65 bits per heavy atom. The van der Waals surface area contributed by atoms with Gasteiger partial charge < -0.3 is 59.3 Å². The van der Waals surface area contributed by atoms with Crippen molar-refractivity contribution in [1.29, 1.82) is 0 Å². The molecular weight excluding hydrogens is 808 g/mol. The van der Waals surface area contributed by atoms with E-state index in [1.807, 2.05) is 24.3 Å². The van der Waals surface area contributed by atoms with Crippen LogP contribution in [0.4, 0.5) is 0 Å². The first-order chi connectivity index (χ1) is 29.6. The average Bonchev–Trinajstić information content (AvgIpc) is 3.79. The molecule has 62 heavy (non-hydrogen) atoms. The van der Waals surface area contributed by atoms with Gasteiger partial charge in [0.05, 0.1) is 32.4 Å². The number of hydrogen-bond donors (Lipinski definition) is 6. The predicted molar refractivity (Wildman–Crippen MR) is 221 cm³/mol. The molecule has 0 aromatic heterocycles. The number of fused-ring (bicyclic) bond motifs is 4. The van der Waals surface area contributed by atoms with Gasteiger partial charge in [0.25, 0.3) is 0 Å². The summed E-state index contributed by atoms with van der Waals surface area (Å²) in [4.78, 5) is 48.5. The predicted octanol–water partition coefficient (Wildman–Crippen LogP) is 2.56. The molecule has 12 unspecified atom stereocenters. The second-order valence-electron chi connectivity index (χ2n) is 18.4. The van der Waals surface area contributed by atoms with Gasteiger partial charge >= 0.3 is 11.9 Å². The fraction of sp³-hybridized carbons (Fsp3) is 0.756. The SMILES string of the molecule is CCCCCC1(CCCCC)OC2C3CC4(C(=O)NC(CO)CCC(=O)OC(C)(C)C)C(ON(Cc5ccc(C=CCOC6OC(CO)C(O)C(O)C6O)cc5)C4C(=O)O3)C2O1. The molecule has 17 heteroatoms. The zero-order chi connectivity index (χ0) is 44.8. The molecule has 5 fully saturated rings. The zero-order valence-electron chi connectivity index (χ0n) is 36.7. The van der Waals surface area contributed by atoms with E-state index >= 15 is 0 Å². The van der Waals surface area contributed by atoms with Gasteiger partial charge in [-0.05, 0) is 51.2 Å². The zero-order valence-corrected chi connectivity index (χ0v) is 36.7. The maximum Gasteiger partial charge on any atom is 0.327 e. The van der Waals surface area contributed by atoms with Crippen LogP contribution < -0.4 is 5.32 Å². The minimum absolute atomic E-state index is 0.00698. The van der Waals surface area contributed by atoms with Gasteiger partial charge in [0.2, 0.25) is 5.91 Å². The lowest BCUT2D eigenvalue weighted by Gasteiger charge is -2.49. The lowest BCUT2D eigenvalue weighted by Crippen LogP contribution is -2.70. The van der Waals surface area contributed by atoms with Crippen molar-refractivity contribution < 1.29 is 73.2 Å². The van der Waals surface area contributed by atoms with Crippen LogP contribution in [-0.2, 0) is 54.2 Å². The summed E-state index contributed by atoms with van der Waals surface area (Å²) >= 11 is 0. The van der Waals surface area contributed by atoms with E-state index in [1.165, 1.54) is 5.06 Å². The third kappa shape index (κ3) is 10.7. The van der Waals surface area contributed by atoms with E-state index in [1.54, 1.807) is 32.9 Å². The molecule has 5 aliphatic rings. The van der Waals surface area contributed by atoms with Crippen LogP contribution in [0.1, 0.15) is 116 Å². The van der Waals surface area contributed by atoms with Crippen LogP contribution in [0.2, 0.25) is 0 Å². The molecule has 12 atom stereocenters. The summed E-state index contributed by atoms with van der Waals surface area (Å²) in [7, 11) is 0. The van der Waals surface area contributed by atoms with E-state index < -0.39 is 115 Å². The smallest absolute Gasteiger partial charge is 0.327 e. The Labute approximate surface area is 363 Å². The first-order valence-electron chi connectivity index (χ1n) is 22.4. The Balaban J connectivity index is 1.21. The van der Waals surface area contributed by atoms with E-state index in [9.17, 15) is 39.9 Å². The number of carbonyl (C=O) groups is 3. The molecule has 2 bridgehead atoms. The Hall–Kier alpha value is -3.07. The van der Waals surface area contributed by atoms with Crippen molar-refractivity contribution in [3.05, 3.63) is 41.5 Å². The highest BCUT2D eigenvalue weighted by atomic mass is 16.8. The minimum atomic E-state index is -1.54. The first-order valence-corrected chi connectivity index (χ1v) is 22.4. The highest BCUT2D eigenvalue weighted by molar-refractivity contribution is 5.93. The number of esters is 2. The summed E-state index contributed by atoms with van der Waals surface area (Å²) < 4.78 is 36.4. The molecule has 6 N–H and O–H groups in total. The molecular formula is C45H68N2O15. The molecule has 348 valence electrons. The van der Waals surface area contributed by atoms with Gasteiger partial charge in [-0.1, -0.05) is 75.9 Å². The molecule has 1 amide bonds. The number of hydrogen-bond acceptors (Lipinski definition) is 16. The fourth-order valence-corrected chi connectivity index (χ4v) is 9.36. The lowest BCUT2D eigenvalue weighted by molar-refractivity contribution is -0.298. The molecule has 1 aromatic carbocycles. The van der Waals surface area contributed by atoms with Crippen LogP contribution in [0.3, 0.4) is 0 Å². The van der Waals surface area contributed by atoms with Crippen LogP contribution in [0.5, 0.6) is 0 Å². The topological polar surface area (TPSA) is 232 Å². The number of nitrogens with one attached hydrogen (secondary N) is 1. The summed E-state index contributed by atoms with van der Waals surface area (Å²) in [6.07, 6.45) is 0.748. The van der Waals surface area contributed by atoms with Gasteiger partial charge in [-0.25, -0.2) is 0 Å². The Morgan fingerprint density at radius 3 is 2.27 bits per heavy atom. The first kappa shape index (κ1) is 48.4. The molecule has 6 rings (SSSR count). The van der Waals surface area contributed by atoms with E-state index in [2.05, 4.69) is 19.2 Å². The molecule has 4 aliphatic heterocycles. The quantitative estimate of drug-likeness (QED) is 0.0770. The van der Waals surface area contributed by atoms with Crippen molar-refractivity contribution in [2.45, 2.75) is 190 Å². The largest absolute Gasteiger partial charge is 0.460 e. The summed E-state index contributed by atoms with van der Waals surface area (Å²) in [5, 5.41) is 54.6. The van der Waals surface area contributed by atoms with Gasteiger partial charge in [-0.2, -0.15) is 5.06 Å². The molecule has 17 nitrogen and oxygen atoms in total. The maximum absolute atomic E-state index is 14.9. The lowest BCUT2D eigenvalue weighted by atomic mass is 9.62. The van der Waals surface area contributed by atoms with Crippen LogP contribution in [0.15, 0.2) is 30.3 Å². The van der Waals surface area contributed by atoms with Crippen molar-refractivity contribution in [2.24, 2.45) is 5.41 Å². The number of rotatable bonds is 21. The standard InChI is InChI=1S/C45H68N2O15/c1-6-8-10-20-44(21-11-9-7-2)60-36-30-23-45(42(55)46-29(25-48)18-19-32(50)59-43(3,4)5)38(40(54)57-30)47(62-39(45)37(36)61-44)24-28-16-14-27(15-17-28)13-12-22-56-41-35(53)34(52)33(51)31(26-49)58-41/h12-17,29-31,33-39,41,48-49,51-53H,6-11,18-26H2,1-5H3,(H,46,55). The molecule has 1 aliphatic carbocycles. The van der Waals surface area contributed by atoms with Crippen LogP contribution in [0, 0.1) is 5.41 Å². The van der Waals surface area contributed by atoms with Gasteiger partial charge in [0, 0.05) is 25.7 Å². The Bertz CT molecular complexity index is 1680. The van der Waals surface area contributed by atoms with E-state index in [0.717, 1.165) is 49.7 Å². The van der Waals surface area contributed by atoms with Crippen molar-refractivity contribution in [1.82, 2.24) is 10.4 Å². The summed E-state index contributed by atoms with van der Waals surface area (Å²) in [6, 6.07) is 5.45. The van der Waals surface area contributed by atoms with Crippen LogP contribution >= 0.6 is 0 Å². The number of amides is 1. The van der Waals surface area contributed by atoms with Crippen molar-refractivity contribution in [3.63, 3.8) is 0 Å². The second-order valence-corrected chi connectivity index (χ2v) is 18.4. The summed E-state index contributed by atoms with van der Waals surface area (Å²) in [5.74, 6) is -2.51. The molecule has 1 aromatic rings. The number of aliphatic hydroxyl groups is 5. The highest BCUT2D eigenvalue weighted by Gasteiger charge is 2.76. The van der Waals surface area contributed by atoms with Gasteiger partial charge in [0.1, 0.15) is 59.8 Å².